The Morgan fingerprint density at radius 3 is 2.88 bits per heavy atom. The predicted molar refractivity (Wildman–Crippen MR) is 97.5 cm³/mol. The minimum atomic E-state index is -0.489. The molecule has 1 amide bonds. The average molecular weight is 354 g/mol. The molecule has 1 saturated heterocycles. The van der Waals surface area contributed by atoms with Gasteiger partial charge in [-0.25, -0.2) is 0 Å². The maximum Gasteiger partial charge on any atom is 0.257 e. The number of rotatable bonds is 4. The van der Waals surface area contributed by atoms with Crippen LogP contribution in [0.1, 0.15) is 34.9 Å². The number of fused-ring (bicyclic) bond motifs is 1. The van der Waals surface area contributed by atoms with Crippen molar-refractivity contribution >= 4 is 11.6 Å². The van der Waals surface area contributed by atoms with Crippen LogP contribution in [0.2, 0.25) is 0 Å². The highest BCUT2D eigenvalue weighted by molar-refractivity contribution is 6.01. The van der Waals surface area contributed by atoms with Gasteiger partial charge in [0.1, 0.15) is 6.17 Å². The van der Waals surface area contributed by atoms with E-state index in [9.17, 15) is 9.90 Å². The second kappa shape index (κ2) is 6.88. The lowest BCUT2D eigenvalue weighted by molar-refractivity contribution is 0.0424. The van der Waals surface area contributed by atoms with E-state index >= 15 is 0 Å². The van der Waals surface area contributed by atoms with Crippen molar-refractivity contribution in [2.24, 2.45) is 0 Å². The molecule has 6 nitrogen and oxygen atoms in total. The van der Waals surface area contributed by atoms with Gasteiger partial charge in [0.05, 0.1) is 18.8 Å². The summed E-state index contributed by atoms with van der Waals surface area (Å²) < 4.78 is 11.0. The molecule has 26 heavy (non-hydrogen) atoms. The largest absolute Gasteiger partial charge is 0.504 e. The first-order valence-electron chi connectivity index (χ1n) is 8.83. The van der Waals surface area contributed by atoms with Crippen LogP contribution in [0, 0.1) is 0 Å². The molecular weight excluding hydrogens is 332 g/mol. The van der Waals surface area contributed by atoms with E-state index in [2.05, 4.69) is 5.32 Å². The Labute approximate surface area is 152 Å². The molecule has 2 aromatic carbocycles. The van der Waals surface area contributed by atoms with E-state index in [-0.39, 0.29) is 17.8 Å². The van der Waals surface area contributed by atoms with Crippen LogP contribution in [0.3, 0.4) is 0 Å². The van der Waals surface area contributed by atoms with Crippen molar-refractivity contribution < 1.29 is 19.4 Å². The second-order valence-electron chi connectivity index (χ2n) is 6.58. The summed E-state index contributed by atoms with van der Waals surface area (Å²) in [5.74, 6) is 0.353. The van der Waals surface area contributed by atoms with E-state index in [1.54, 1.807) is 17.0 Å². The van der Waals surface area contributed by atoms with Gasteiger partial charge in [-0.3, -0.25) is 4.79 Å². The summed E-state index contributed by atoms with van der Waals surface area (Å²) in [4.78, 5) is 14.9. The lowest BCUT2D eigenvalue weighted by atomic mass is 10.0. The van der Waals surface area contributed by atoms with Gasteiger partial charge < -0.3 is 24.8 Å². The fraction of sp³-hybridized carbons (Fsp3) is 0.350. The van der Waals surface area contributed by atoms with Gasteiger partial charge in [-0.15, -0.1) is 0 Å². The number of carbonyl (C=O) groups excluding carboxylic acids is 1. The van der Waals surface area contributed by atoms with Gasteiger partial charge in [0.2, 0.25) is 0 Å². The Bertz CT molecular complexity index is 817. The zero-order valence-electron chi connectivity index (χ0n) is 14.6. The minimum Gasteiger partial charge on any atom is -0.504 e. The molecule has 2 N–H and O–H groups in total. The number of aromatic hydroxyl groups is 1. The summed E-state index contributed by atoms with van der Waals surface area (Å²) in [6.45, 7) is 1.20. The Kier molecular flexibility index (Phi) is 4.42. The number of para-hydroxylation sites is 2. The third-order valence-electron chi connectivity index (χ3n) is 4.99. The SMILES string of the molecule is COc1cccc([C@H]2Nc3ccccc3C(=O)N2C[C@@H]2CCCO2)c1O. The van der Waals surface area contributed by atoms with E-state index in [0.717, 1.165) is 25.1 Å². The summed E-state index contributed by atoms with van der Waals surface area (Å²) in [5, 5.41) is 14.0. The number of nitrogens with zero attached hydrogens (tertiary/aromatic N) is 1. The van der Waals surface area contributed by atoms with Gasteiger partial charge in [-0.05, 0) is 31.0 Å². The number of carbonyl (C=O) groups is 1. The van der Waals surface area contributed by atoms with Gasteiger partial charge in [-0.2, -0.15) is 0 Å². The summed E-state index contributed by atoms with van der Waals surface area (Å²) >= 11 is 0. The highest BCUT2D eigenvalue weighted by Crippen LogP contribution is 2.40. The van der Waals surface area contributed by atoms with Crippen LogP contribution < -0.4 is 10.1 Å². The van der Waals surface area contributed by atoms with E-state index in [1.807, 2.05) is 30.3 Å². The molecule has 2 atom stereocenters. The minimum absolute atomic E-state index is 0.0151. The smallest absolute Gasteiger partial charge is 0.257 e. The number of methoxy groups -OCH3 is 1. The number of anilines is 1. The number of phenolic OH excluding ortho intramolecular Hbond substituents is 1. The molecule has 0 radical (unpaired) electrons. The summed E-state index contributed by atoms with van der Waals surface area (Å²) in [5.41, 5.74) is 1.99. The summed E-state index contributed by atoms with van der Waals surface area (Å²) in [6, 6.07) is 12.7. The van der Waals surface area contributed by atoms with Crippen LogP contribution in [0.15, 0.2) is 42.5 Å². The van der Waals surface area contributed by atoms with Gasteiger partial charge in [0, 0.05) is 24.4 Å². The number of phenols is 1. The van der Waals surface area contributed by atoms with Crippen molar-refractivity contribution in [1.29, 1.82) is 0 Å². The molecule has 6 heteroatoms. The first kappa shape index (κ1) is 16.7. The van der Waals surface area contributed by atoms with Crippen molar-refractivity contribution in [3.63, 3.8) is 0 Å². The molecule has 1 fully saturated rings. The second-order valence-corrected chi connectivity index (χ2v) is 6.58. The molecule has 0 spiro atoms. The Morgan fingerprint density at radius 2 is 2.12 bits per heavy atom. The van der Waals surface area contributed by atoms with Crippen molar-refractivity contribution in [2.75, 3.05) is 25.6 Å². The maximum atomic E-state index is 13.2. The summed E-state index contributed by atoms with van der Waals surface area (Å²) in [6.07, 6.45) is 1.46. The molecule has 0 aliphatic carbocycles. The molecular formula is C20H22N2O4. The third kappa shape index (κ3) is 2.86. The van der Waals surface area contributed by atoms with Crippen molar-refractivity contribution in [2.45, 2.75) is 25.1 Å². The molecule has 0 aromatic heterocycles. The van der Waals surface area contributed by atoms with Gasteiger partial charge >= 0.3 is 0 Å². The molecule has 2 aromatic rings. The lowest BCUT2D eigenvalue weighted by Crippen LogP contribution is -2.46. The molecule has 0 saturated carbocycles. The van der Waals surface area contributed by atoms with Crippen LogP contribution >= 0.6 is 0 Å². The van der Waals surface area contributed by atoms with Crippen molar-refractivity contribution in [1.82, 2.24) is 4.90 Å². The Morgan fingerprint density at radius 1 is 1.27 bits per heavy atom. The third-order valence-corrected chi connectivity index (χ3v) is 4.99. The maximum absolute atomic E-state index is 13.2. The number of nitrogens with one attached hydrogen (secondary N) is 1. The number of benzene rings is 2. The van der Waals surface area contributed by atoms with E-state index in [4.69, 9.17) is 9.47 Å². The van der Waals surface area contributed by atoms with Crippen molar-refractivity contribution in [3.05, 3.63) is 53.6 Å². The fourth-order valence-electron chi connectivity index (χ4n) is 3.66. The van der Waals surface area contributed by atoms with Crippen LogP contribution in [-0.4, -0.2) is 42.3 Å². The molecule has 0 unspecified atom stereocenters. The zero-order valence-corrected chi connectivity index (χ0v) is 14.6. The number of hydrogen-bond donors (Lipinski definition) is 2. The van der Waals surface area contributed by atoms with E-state index < -0.39 is 6.17 Å². The number of hydrogen-bond acceptors (Lipinski definition) is 5. The molecule has 2 heterocycles. The quantitative estimate of drug-likeness (QED) is 0.883. The average Bonchev–Trinajstić information content (AvgIpc) is 3.17. The topological polar surface area (TPSA) is 71.0 Å². The standard InChI is InChI=1S/C20H22N2O4/c1-25-17-10-4-8-15(18(17)23)19-21-16-9-3-2-7-14(16)20(24)22(19)12-13-6-5-11-26-13/h2-4,7-10,13,19,21,23H,5-6,11-12H2,1H3/t13-,19-/m0/s1. The lowest BCUT2D eigenvalue weighted by Gasteiger charge is -2.39. The van der Waals surface area contributed by atoms with Crippen LogP contribution in [0.4, 0.5) is 5.69 Å². The zero-order chi connectivity index (χ0) is 18.1. The Hall–Kier alpha value is -2.73. The van der Waals surface area contributed by atoms with Gasteiger partial charge in [-0.1, -0.05) is 24.3 Å². The number of ether oxygens (including phenoxy) is 2. The summed E-state index contributed by atoms with van der Waals surface area (Å²) in [7, 11) is 1.51. The number of amides is 1. The normalized spacial score (nSPS) is 22.0. The Balaban J connectivity index is 1.75. The molecule has 136 valence electrons. The molecule has 2 aliphatic rings. The van der Waals surface area contributed by atoms with E-state index in [0.29, 0.717) is 23.4 Å². The van der Waals surface area contributed by atoms with E-state index in [1.165, 1.54) is 7.11 Å². The van der Waals surface area contributed by atoms with Crippen molar-refractivity contribution in [3.8, 4) is 11.5 Å². The fourth-order valence-corrected chi connectivity index (χ4v) is 3.66. The first-order chi connectivity index (χ1) is 12.7. The molecule has 0 bridgehead atoms. The van der Waals surface area contributed by atoms with Gasteiger partial charge in [0.15, 0.2) is 11.5 Å². The first-order valence-corrected chi connectivity index (χ1v) is 8.83. The van der Waals surface area contributed by atoms with Crippen LogP contribution in [-0.2, 0) is 4.74 Å². The highest BCUT2D eigenvalue weighted by Gasteiger charge is 2.36. The molecule has 4 rings (SSSR count). The van der Waals surface area contributed by atoms with Crippen LogP contribution in [0.5, 0.6) is 11.5 Å². The van der Waals surface area contributed by atoms with Crippen LogP contribution in [0.25, 0.3) is 0 Å². The highest BCUT2D eigenvalue weighted by atomic mass is 16.5. The van der Waals surface area contributed by atoms with Gasteiger partial charge in [0.25, 0.3) is 5.91 Å². The molecule has 2 aliphatic heterocycles. The predicted octanol–water partition coefficient (Wildman–Crippen LogP) is 3.15. The monoisotopic (exact) mass is 354 g/mol.